The predicted molar refractivity (Wildman–Crippen MR) is 87.3 cm³/mol. The monoisotopic (exact) mass is 310 g/mol. The van der Waals surface area contributed by atoms with Crippen LogP contribution in [0.4, 0.5) is 0 Å². The van der Waals surface area contributed by atoms with Gasteiger partial charge in [0, 0.05) is 28.6 Å². The van der Waals surface area contributed by atoms with Crippen molar-refractivity contribution in [3.63, 3.8) is 0 Å². The quantitative estimate of drug-likeness (QED) is 0.818. The molecule has 1 aromatic heterocycles. The molecule has 0 saturated heterocycles. The van der Waals surface area contributed by atoms with Crippen LogP contribution in [0.1, 0.15) is 32.6 Å². The summed E-state index contributed by atoms with van der Waals surface area (Å²) in [5.74, 6) is 1.81. The van der Waals surface area contributed by atoms with E-state index in [9.17, 15) is 4.79 Å². The van der Waals surface area contributed by atoms with E-state index in [0.29, 0.717) is 11.8 Å². The van der Waals surface area contributed by atoms with E-state index in [1.54, 1.807) is 24.2 Å². The molecule has 1 saturated carbocycles. The molecular formula is C15H22N2OS2. The molecule has 110 valence electrons. The summed E-state index contributed by atoms with van der Waals surface area (Å²) >= 11 is 3.60. The summed E-state index contributed by atoms with van der Waals surface area (Å²) in [6, 6.07) is 4.25. The second-order valence-corrected chi connectivity index (χ2v) is 7.61. The van der Waals surface area contributed by atoms with Crippen LogP contribution in [0.25, 0.3) is 0 Å². The van der Waals surface area contributed by atoms with Crippen LogP contribution in [-0.2, 0) is 4.79 Å². The van der Waals surface area contributed by atoms with E-state index in [2.05, 4.69) is 17.2 Å². The van der Waals surface area contributed by atoms with Crippen LogP contribution < -0.4 is 5.32 Å². The van der Waals surface area contributed by atoms with Gasteiger partial charge in [0.15, 0.2) is 0 Å². The van der Waals surface area contributed by atoms with Gasteiger partial charge in [0.2, 0.25) is 5.91 Å². The van der Waals surface area contributed by atoms with E-state index in [1.807, 2.05) is 23.9 Å². The summed E-state index contributed by atoms with van der Waals surface area (Å²) in [6.45, 7) is 2.21. The second-order valence-electron chi connectivity index (χ2n) is 4.98. The highest BCUT2D eigenvalue weighted by Crippen LogP contribution is 2.28. The number of thioether (sulfide) groups is 2. The smallest absolute Gasteiger partial charge is 0.230 e. The molecule has 0 unspecified atom stereocenters. The Balaban J connectivity index is 1.71. The fourth-order valence-electron chi connectivity index (χ4n) is 2.52. The maximum Gasteiger partial charge on any atom is 0.230 e. The molecule has 2 rings (SSSR count). The van der Waals surface area contributed by atoms with E-state index < -0.39 is 0 Å². The third kappa shape index (κ3) is 5.37. The number of hydrogen-bond donors (Lipinski definition) is 1. The Morgan fingerprint density at radius 2 is 2.20 bits per heavy atom. The molecule has 0 spiro atoms. The fraction of sp³-hybridized carbons (Fsp3) is 0.600. The van der Waals surface area contributed by atoms with Crippen molar-refractivity contribution < 1.29 is 4.79 Å². The normalized spacial score (nSPS) is 22.4. The molecule has 0 radical (unpaired) electrons. The molecule has 20 heavy (non-hydrogen) atoms. The van der Waals surface area contributed by atoms with Crippen molar-refractivity contribution in [3.8, 4) is 0 Å². The minimum Gasteiger partial charge on any atom is -0.353 e. The van der Waals surface area contributed by atoms with Gasteiger partial charge in [-0.15, -0.1) is 11.8 Å². The lowest BCUT2D eigenvalue weighted by Crippen LogP contribution is -2.40. The highest BCUT2D eigenvalue weighted by Gasteiger charge is 2.22. The van der Waals surface area contributed by atoms with Crippen molar-refractivity contribution in [1.82, 2.24) is 10.3 Å². The van der Waals surface area contributed by atoms with Gasteiger partial charge < -0.3 is 5.32 Å². The maximum atomic E-state index is 12.0. The first-order valence-corrected chi connectivity index (χ1v) is 9.25. The Labute approximate surface area is 129 Å². The van der Waals surface area contributed by atoms with Crippen LogP contribution in [0.2, 0.25) is 0 Å². The number of pyridine rings is 1. The van der Waals surface area contributed by atoms with Gasteiger partial charge in [-0.05, 0) is 37.1 Å². The van der Waals surface area contributed by atoms with Crippen LogP contribution in [0.5, 0.6) is 0 Å². The molecule has 5 heteroatoms. The molecular weight excluding hydrogens is 288 g/mol. The molecule has 1 aliphatic carbocycles. The molecule has 1 heterocycles. The van der Waals surface area contributed by atoms with Gasteiger partial charge in [-0.2, -0.15) is 11.8 Å². The lowest BCUT2D eigenvalue weighted by Gasteiger charge is -2.29. The van der Waals surface area contributed by atoms with Crippen molar-refractivity contribution in [1.29, 1.82) is 0 Å². The highest BCUT2D eigenvalue weighted by atomic mass is 32.2. The summed E-state index contributed by atoms with van der Waals surface area (Å²) in [6.07, 6.45) is 8.31. The number of nitrogens with one attached hydrogen (secondary N) is 1. The Bertz CT molecular complexity index is 412. The number of carbonyl (C=O) groups excluding carboxylic acids is 1. The Kier molecular flexibility index (Phi) is 6.73. The van der Waals surface area contributed by atoms with Crippen molar-refractivity contribution in [2.24, 2.45) is 0 Å². The van der Waals surface area contributed by atoms with Crippen molar-refractivity contribution in [3.05, 3.63) is 24.5 Å². The fourth-order valence-corrected chi connectivity index (χ4v) is 4.38. The summed E-state index contributed by atoms with van der Waals surface area (Å²) in [4.78, 5) is 17.1. The number of carbonyl (C=O) groups is 1. The molecule has 1 aliphatic rings. The third-order valence-electron chi connectivity index (χ3n) is 3.41. The molecule has 1 amide bonds. The summed E-state index contributed by atoms with van der Waals surface area (Å²) in [7, 11) is 0. The molecule has 1 N–H and O–H groups in total. The van der Waals surface area contributed by atoms with Gasteiger partial charge in [-0.3, -0.25) is 9.78 Å². The topological polar surface area (TPSA) is 42.0 Å². The molecule has 3 nitrogen and oxygen atoms in total. The number of aromatic nitrogens is 1. The van der Waals surface area contributed by atoms with Gasteiger partial charge >= 0.3 is 0 Å². The van der Waals surface area contributed by atoms with Gasteiger partial charge in [0.05, 0.1) is 5.75 Å². The zero-order valence-electron chi connectivity index (χ0n) is 11.9. The average molecular weight is 310 g/mol. The van der Waals surface area contributed by atoms with E-state index in [4.69, 9.17) is 0 Å². The summed E-state index contributed by atoms with van der Waals surface area (Å²) < 4.78 is 0. The number of hydrogen-bond acceptors (Lipinski definition) is 4. The van der Waals surface area contributed by atoms with Gasteiger partial charge in [-0.25, -0.2) is 0 Å². The number of nitrogens with zero attached hydrogens (tertiary/aromatic N) is 1. The van der Waals surface area contributed by atoms with Crippen LogP contribution >= 0.6 is 23.5 Å². The van der Waals surface area contributed by atoms with E-state index in [-0.39, 0.29) is 5.91 Å². The molecule has 0 aromatic carbocycles. The van der Waals surface area contributed by atoms with Crippen LogP contribution in [0.3, 0.4) is 0 Å². The largest absolute Gasteiger partial charge is 0.353 e. The molecule has 2 atom stereocenters. The average Bonchev–Trinajstić information content (AvgIpc) is 2.47. The maximum absolute atomic E-state index is 12.0. The van der Waals surface area contributed by atoms with Gasteiger partial charge in [0.25, 0.3) is 0 Å². The van der Waals surface area contributed by atoms with Crippen molar-refractivity contribution in [2.45, 2.75) is 48.8 Å². The Hall–Kier alpha value is -0.680. The summed E-state index contributed by atoms with van der Waals surface area (Å²) in [5.41, 5.74) is 0. The van der Waals surface area contributed by atoms with Crippen LogP contribution in [-0.4, -0.2) is 33.7 Å². The first-order chi connectivity index (χ1) is 9.78. The SMILES string of the molecule is CCS[C@@H]1CCC[C@H](NC(=O)CSc2ccncc2)C1. The van der Waals surface area contributed by atoms with Crippen molar-refractivity contribution in [2.75, 3.05) is 11.5 Å². The van der Waals surface area contributed by atoms with Gasteiger partial charge in [-0.1, -0.05) is 13.3 Å². The second kappa shape index (κ2) is 8.57. The lowest BCUT2D eigenvalue weighted by atomic mass is 9.95. The minimum atomic E-state index is 0.152. The zero-order valence-corrected chi connectivity index (χ0v) is 13.5. The van der Waals surface area contributed by atoms with E-state index in [1.165, 1.54) is 18.6 Å². The molecule has 1 fully saturated rings. The minimum absolute atomic E-state index is 0.152. The molecule has 1 aromatic rings. The Morgan fingerprint density at radius 1 is 1.40 bits per heavy atom. The lowest BCUT2D eigenvalue weighted by molar-refractivity contribution is -0.119. The molecule has 0 bridgehead atoms. The van der Waals surface area contributed by atoms with E-state index in [0.717, 1.165) is 23.0 Å². The molecule has 0 aliphatic heterocycles. The third-order valence-corrected chi connectivity index (χ3v) is 5.66. The highest BCUT2D eigenvalue weighted by molar-refractivity contribution is 8.00. The van der Waals surface area contributed by atoms with Crippen molar-refractivity contribution >= 4 is 29.4 Å². The van der Waals surface area contributed by atoms with Crippen LogP contribution in [0.15, 0.2) is 29.4 Å². The summed E-state index contributed by atoms with van der Waals surface area (Å²) in [5, 5.41) is 3.92. The Morgan fingerprint density at radius 3 is 2.95 bits per heavy atom. The first kappa shape index (κ1) is 15.7. The first-order valence-electron chi connectivity index (χ1n) is 7.21. The van der Waals surface area contributed by atoms with Gasteiger partial charge in [0.1, 0.15) is 0 Å². The van der Waals surface area contributed by atoms with Crippen LogP contribution in [0, 0.1) is 0 Å². The number of amides is 1. The zero-order chi connectivity index (χ0) is 14.2. The standard InChI is InChI=1S/C15H22N2OS2/c1-2-19-14-5-3-4-12(10-14)17-15(18)11-20-13-6-8-16-9-7-13/h6-9,12,14H,2-5,10-11H2,1H3,(H,17,18)/t12-,14+/m0/s1. The number of rotatable bonds is 6. The van der Waals surface area contributed by atoms with E-state index >= 15 is 0 Å². The predicted octanol–water partition coefficient (Wildman–Crippen LogP) is 3.35.